The van der Waals surface area contributed by atoms with Crippen molar-refractivity contribution in [1.82, 2.24) is 0 Å². The molecule has 0 fully saturated rings. The van der Waals surface area contributed by atoms with Gasteiger partial charge in [0.25, 0.3) is 0 Å². The van der Waals surface area contributed by atoms with Crippen molar-refractivity contribution in [2.24, 2.45) is 4.99 Å². The summed E-state index contributed by atoms with van der Waals surface area (Å²) in [5.41, 5.74) is 0.780. The average molecular weight is 258 g/mol. The molecule has 0 amide bonds. The van der Waals surface area contributed by atoms with Crippen LogP contribution in [0, 0.1) is 5.82 Å². The van der Waals surface area contributed by atoms with E-state index in [2.05, 4.69) is 4.99 Å². The van der Waals surface area contributed by atoms with Crippen molar-refractivity contribution in [3.8, 4) is 0 Å². The first-order valence-electron chi connectivity index (χ1n) is 5.16. The fourth-order valence-electron chi connectivity index (χ4n) is 1.17. The number of benzene rings is 1. The zero-order valence-corrected chi connectivity index (χ0v) is 10.4. The highest BCUT2D eigenvalue weighted by Crippen LogP contribution is 2.17. The first-order valence-corrected chi connectivity index (χ1v) is 5.54. The maximum Gasteiger partial charge on any atom is 0.351 e. The molecule has 0 aromatic heterocycles. The first kappa shape index (κ1) is 13.6. The minimum Gasteiger partial charge on any atom is -0.462 e. The molecule has 92 valence electrons. The topological polar surface area (TPSA) is 38.7 Å². The van der Waals surface area contributed by atoms with Crippen molar-refractivity contribution in [1.29, 1.82) is 0 Å². The van der Waals surface area contributed by atoms with Gasteiger partial charge in [0.2, 0.25) is 0 Å². The van der Waals surface area contributed by atoms with E-state index in [1.54, 1.807) is 13.8 Å². The minimum absolute atomic E-state index is 0.154. The van der Waals surface area contributed by atoms with Crippen LogP contribution in [0.5, 0.6) is 0 Å². The molecule has 0 unspecified atom stereocenters. The maximum absolute atomic E-state index is 13.0. The van der Waals surface area contributed by atoms with Crippen molar-refractivity contribution in [3.05, 3.63) is 34.6 Å². The van der Waals surface area contributed by atoms with Crippen LogP contribution in [-0.4, -0.2) is 18.3 Å². The minimum atomic E-state index is -0.472. The molecule has 5 heteroatoms. The number of rotatable bonds is 4. The monoisotopic (exact) mass is 257 g/mol. The molecule has 0 radical (unpaired) electrons. The standard InChI is InChI=1S/C12H13ClFNO2/c1-3-17-12(16)8(2)15-7-9-6-10(14)4-5-11(9)13/h4-6H,3,7H2,1-2H3. The Labute approximate surface area is 104 Å². The third-order valence-corrected chi connectivity index (χ3v) is 2.43. The number of carbonyl (C=O) groups excluding carboxylic acids is 1. The molecule has 0 aliphatic rings. The van der Waals surface area contributed by atoms with Crippen LogP contribution in [-0.2, 0) is 16.1 Å². The summed E-state index contributed by atoms with van der Waals surface area (Å²) in [6, 6.07) is 4.03. The van der Waals surface area contributed by atoms with E-state index in [0.29, 0.717) is 17.2 Å². The van der Waals surface area contributed by atoms with Gasteiger partial charge >= 0.3 is 5.97 Å². The molecule has 3 nitrogen and oxygen atoms in total. The predicted octanol–water partition coefficient (Wildman–Crippen LogP) is 3.00. The van der Waals surface area contributed by atoms with E-state index in [-0.39, 0.29) is 18.1 Å². The Balaban J connectivity index is 2.75. The van der Waals surface area contributed by atoms with Gasteiger partial charge in [-0.3, -0.25) is 4.99 Å². The first-order chi connectivity index (χ1) is 8.04. The Morgan fingerprint density at radius 2 is 2.24 bits per heavy atom. The summed E-state index contributed by atoms with van der Waals surface area (Å²) < 4.78 is 17.7. The molecular weight excluding hydrogens is 245 g/mol. The lowest BCUT2D eigenvalue weighted by Gasteiger charge is -2.03. The molecule has 0 saturated carbocycles. The number of aliphatic imine (C=N–C) groups is 1. The lowest BCUT2D eigenvalue weighted by Crippen LogP contribution is -2.14. The fourth-order valence-corrected chi connectivity index (χ4v) is 1.35. The molecule has 1 aromatic carbocycles. The molecule has 17 heavy (non-hydrogen) atoms. The summed E-state index contributed by atoms with van der Waals surface area (Å²) in [6.45, 7) is 3.72. The predicted molar refractivity (Wildman–Crippen MR) is 64.9 cm³/mol. The van der Waals surface area contributed by atoms with Crippen LogP contribution < -0.4 is 0 Å². The summed E-state index contributed by atoms with van der Waals surface area (Å²) in [6.07, 6.45) is 0. The lowest BCUT2D eigenvalue weighted by molar-refractivity contribution is -0.135. The Morgan fingerprint density at radius 3 is 2.88 bits per heavy atom. The molecule has 0 N–H and O–H groups in total. The zero-order chi connectivity index (χ0) is 12.8. The van der Waals surface area contributed by atoms with Crippen LogP contribution in [0.3, 0.4) is 0 Å². The highest BCUT2D eigenvalue weighted by Gasteiger charge is 2.07. The smallest absolute Gasteiger partial charge is 0.351 e. The van der Waals surface area contributed by atoms with Crippen molar-refractivity contribution < 1.29 is 13.9 Å². The molecule has 0 aliphatic carbocycles. The van der Waals surface area contributed by atoms with Gasteiger partial charge in [0.1, 0.15) is 11.5 Å². The molecule has 0 heterocycles. The van der Waals surface area contributed by atoms with Crippen LogP contribution >= 0.6 is 11.6 Å². The van der Waals surface area contributed by atoms with E-state index in [0.717, 1.165) is 0 Å². The second kappa shape index (κ2) is 6.35. The molecule has 0 bridgehead atoms. The van der Waals surface area contributed by atoms with Gasteiger partial charge in [0.05, 0.1) is 13.2 Å². The molecular formula is C12H13ClFNO2. The Bertz CT molecular complexity index is 446. The molecule has 0 aliphatic heterocycles. The SMILES string of the molecule is CCOC(=O)C(C)=NCc1cc(F)ccc1Cl. The summed E-state index contributed by atoms with van der Waals surface area (Å²) in [7, 11) is 0. The third-order valence-electron chi connectivity index (χ3n) is 2.07. The molecule has 0 saturated heterocycles. The average Bonchev–Trinajstić information content (AvgIpc) is 2.30. The highest BCUT2D eigenvalue weighted by molar-refractivity contribution is 6.35. The number of nitrogens with zero attached hydrogens (tertiary/aromatic N) is 1. The van der Waals surface area contributed by atoms with Crippen LogP contribution in [0.25, 0.3) is 0 Å². The Hall–Kier alpha value is -1.42. The maximum atomic E-state index is 13.0. The van der Waals surface area contributed by atoms with E-state index >= 15 is 0 Å². The summed E-state index contributed by atoms with van der Waals surface area (Å²) in [5.74, 6) is -0.853. The van der Waals surface area contributed by atoms with Gasteiger partial charge in [-0.2, -0.15) is 0 Å². The summed E-state index contributed by atoms with van der Waals surface area (Å²) in [5, 5.41) is 0.423. The number of halogens is 2. The molecule has 0 atom stereocenters. The second-order valence-electron chi connectivity index (χ2n) is 3.36. The highest BCUT2D eigenvalue weighted by atomic mass is 35.5. The lowest BCUT2D eigenvalue weighted by atomic mass is 10.2. The number of hydrogen-bond donors (Lipinski definition) is 0. The zero-order valence-electron chi connectivity index (χ0n) is 9.67. The van der Waals surface area contributed by atoms with Crippen molar-refractivity contribution in [3.63, 3.8) is 0 Å². The van der Waals surface area contributed by atoms with Gasteiger partial charge < -0.3 is 4.74 Å². The normalized spacial score (nSPS) is 11.4. The van der Waals surface area contributed by atoms with Crippen molar-refractivity contribution in [2.75, 3.05) is 6.61 Å². The van der Waals surface area contributed by atoms with Crippen LogP contribution in [0.2, 0.25) is 5.02 Å². The number of carbonyl (C=O) groups is 1. The van der Waals surface area contributed by atoms with Crippen LogP contribution in [0.1, 0.15) is 19.4 Å². The molecule has 1 rings (SSSR count). The van der Waals surface area contributed by atoms with Crippen LogP contribution in [0.4, 0.5) is 4.39 Å². The fraction of sp³-hybridized carbons (Fsp3) is 0.333. The number of ether oxygens (including phenoxy) is 1. The van der Waals surface area contributed by atoms with Gasteiger partial charge in [-0.25, -0.2) is 9.18 Å². The summed E-state index contributed by atoms with van der Waals surface area (Å²) in [4.78, 5) is 15.3. The van der Waals surface area contributed by atoms with Gasteiger partial charge in [0, 0.05) is 5.02 Å². The number of esters is 1. The quantitative estimate of drug-likeness (QED) is 0.614. The summed E-state index contributed by atoms with van der Waals surface area (Å²) >= 11 is 5.87. The van der Waals surface area contributed by atoms with Gasteiger partial charge in [-0.15, -0.1) is 0 Å². The van der Waals surface area contributed by atoms with Gasteiger partial charge in [-0.1, -0.05) is 11.6 Å². The molecule has 0 spiro atoms. The van der Waals surface area contributed by atoms with Gasteiger partial charge in [-0.05, 0) is 37.6 Å². The van der Waals surface area contributed by atoms with E-state index in [1.807, 2.05) is 0 Å². The van der Waals surface area contributed by atoms with E-state index in [1.165, 1.54) is 18.2 Å². The van der Waals surface area contributed by atoms with Crippen molar-refractivity contribution >= 4 is 23.3 Å². The Morgan fingerprint density at radius 1 is 1.53 bits per heavy atom. The van der Waals surface area contributed by atoms with Crippen LogP contribution in [0.15, 0.2) is 23.2 Å². The van der Waals surface area contributed by atoms with E-state index < -0.39 is 5.97 Å². The second-order valence-corrected chi connectivity index (χ2v) is 3.77. The largest absolute Gasteiger partial charge is 0.462 e. The Kier molecular flexibility index (Phi) is 5.10. The van der Waals surface area contributed by atoms with E-state index in [4.69, 9.17) is 16.3 Å². The van der Waals surface area contributed by atoms with Crippen molar-refractivity contribution in [2.45, 2.75) is 20.4 Å². The van der Waals surface area contributed by atoms with E-state index in [9.17, 15) is 9.18 Å². The molecule has 1 aromatic rings. The van der Waals surface area contributed by atoms with Gasteiger partial charge in [0.15, 0.2) is 0 Å². The third kappa shape index (κ3) is 4.15. The number of hydrogen-bond acceptors (Lipinski definition) is 3.